The van der Waals surface area contributed by atoms with Crippen molar-refractivity contribution in [1.29, 1.82) is 0 Å². The molecule has 0 radical (unpaired) electrons. The number of hydrogen-bond donors (Lipinski definition) is 4. The minimum absolute atomic E-state index is 0.0715. The number of nitrogens with zero attached hydrogens (tertiary/aromatic N) is 3. The predicted octanol–water partition coefficient (Wildman–Crippen LogP) is 0.257. The summed E-state index contributed by atoms with van der Waals surface area (Å²) in [5, 5.41) is 21.8. The van der Waals surface area contributed by atoms with E-state index in [9.17, 15) is 14.7 Å². The van der Waals surface area contributed by atoms with Crippen LogP contribution in [0.4, 0.5) is 5.69 Å². The lowest BCUT2D eigenvalue weighted by Crippen LogP contribution is -2.60. The molecule has 0 fully saturated rings. The standard InChI is InChI=1S/C10H11N5O4/c11-4-10(12,9(18)19)8(17)6-2-1-5(14-15-13)3-7(6)16/h1-3,16H,4,11-12H2,(H,18,19). The van der Waals surface area contributed by atoms with Crippen LogP contribution in [-0.2, 0) is 4.79 Å². The molecule has 0 bridgehead atoms. The quantitative estimate of drug-likeness (QED) is 0.195. The number of phenols is 1. The van der Waals surface area contributed by atoms with Gasteiger partial charge in [-0.1, -0.05) is 11.2 Å². The monoisotopic (exact) mass is 265 g/mol. The van der Waals surface area contributed by atoms with Crippen molar-refractivity contribution in [3.05, 3.63) is 34.2 Å². The highest BCUT2D eigenvalue weighted by Crippen LogP contribution is 2.26. The van der Waals surface area contributed by atoms with Gasteiger partial charge in [0.2, 0.25) is 0 Å². The van der Waals surface area contributed by atoms with Crippen LogP contribution in [0.5, 0.6) is 5.75 Å². The SMILES string of the molecule is [N-]=[N+]=Nc1ccc(C(=O)C(N)(CN)C(=O)O)c(O)c1. The van der Waals surface area contributed by atoms with E-state index in [1.807, 2.05) is 0 Å². The molecule has 0 saturated heterocycles. The number of azide groups is 1. The van der Waals surface area contributed by atoms with Crippen LogP contribution in [0.25, 0.3) is 10.4 Å². The van der Waals surface area contributed by atoms with Crippen molar-refractivity contribution < 1.29 is 19.8 Å². The van der Waals surface area contributed by atoms with E-state index >= 15 is 0 Å². The number of hydrogen-bond acceptors (Lipinski definition) is 6. The highest BCUT2D eigenvalue weighted by Gasteiger charge is 2.42. The average Bonchev–Trinajstić information content (AvgIpc) is 2.37. The number of phenolic OH excluding ortho intramolecular Hbond substituents is 1. The molecule has 19 heavy (non-hydrogen) atoms. The number of carbonyl (C=O) groups excluding carboxylic acids is 1. The molecule has 0 aliphatic heterocycles. The molecule has 1 aromatic rings. The lowest BCUT2D eigenvalue weighted by molar-refractivity contribution is -0.140. The van der Waals surface area contributed by atoms with Gasteiger partial charge in [0.05, 0.1) is 5.56 Å². The molecule has 1 aromatic carbocycles. The highest BCUT2D eigenvalue weighted by atomic mass is 16.4. The normalized spacial score (nSPS) is 13.2. The Labute approximate surface area is 107 Å². The van der Waals surface area contributed by atoms with E-state index in [1.54, 1.807) is 0 Å². The Kier molecular flexibility index (Phi) is 4.07. The predicted molar refractivity (Wildman–Crippen MR) is 64.9 cm³/mol. The van der Waals surface area contributed by atoms with Crippen LogP contribution in [0.15, 0.2) is 23.3 Å². The summed E-state index contributed by atoms with van der Waals surface area (Å²) in [7, 11) is 0. The van der Waals surface area contributed by atoms with Crippen molar-refractivity contribution in [3.8, 4) is 5.75 Å². The Bertz CT molecular complexity index is 581. The summed E-state index contributed by atoms with van der Waals surface area (Å²) in [4.78, 5) is 25.5. The smallest absolute Gasteiger partial charge is 0.333 e. The van der Waals surface area contributed by atoms with Gasteiger partial charge in [0.1, 0.15) is 5.75 Å². The molecule has 9 heteroatoms. The van der Waals surface area contributed by atoms with Crippen LogP contribution in [0.2, 0.25) is 0 Å². The maximum atomic E-state index is 12.0. The molecule has 1 atom stereocenters. The van der Waals surface area contributed by atoms with Gasteiger partial charge in [0.15, 0.2) is 11.3 Å². The van der Waals surface area contributed by atoms with Gasteiger partial charge in [0.25, 0.3) is 0 Å². The van der Waals surface area contributed by atoms with Gasteiger partial charge in [-0.05, 0) is 17.7 Å². The molecular formula is C10H11N5O4. The first-order valence-corrected chi connectivity index (χ1v) is 5.02. The second-order valence-electron chi connectivity index (χ2n) is 3.70. The van der Waals surface area contributed by atoms with Crippen molar-refractivity contribution in [2.45, 2.75) is 5.54 Å². The number of carbonyl (C=O) groups is 2. The molecule has 0 aliphatic carbocycles. The van der Waals surface area contributed by atoms with Crippen molar-refractivity contribution in [1.82, 2.24) is 0 Å². The number of aromatic hydroxyl groups is 1. The first-order chi connectivity index (χ1) is 8.86. The molecule has 6 N–H and O–H groups in total. The minimum Gasteiger partial charge on any atom is -0.507 e. The van der Waals surface area contributed by atoms with Crippen LogP contribution in [0.1, 0.15) is 10.4 Å². The maximum Gasteiger partial charge on any atom is 0.333 e. The summed E-state index contributed by atoms with van der Waals surface area (Å²) in [6, 6.07) is 3.37. The van der Waals surface area contributed by atoms with Crippen molar-refractivity contribution in [2.24, 2.45) is 16.6 Å². The zero-order valence-corrected chi connectivity index (χ0v) is 9.65. The topological polar surface area (TPSA) is 175 Å². The molecule has 0 spiro atoms. The first-order valence-electron chi connectivity index (χ1n) is 5.02. The Morgan fingerprint density at radius 1 is 1.47 bits per heavy atom. The Hall–Kier alpha value is -2.61. The number of nitrogens with two attached hydrogens (primary N) is 2. The van der Waals surface area contributed by atoms with Crippen molar-refractivity contribution in [2.75, 3.05) is 6.54 Å². The molecule has 0 amide bonds. The average molecular weight is 265 g/mol. The van der Waals surface area contributed by atoms with E-state index in [1.165, 1.54) is 6.07 Å². The van der Waals surface area contributed by atoms with Gasteiger partial charge in [-0.2, -0.15) is 0 Å². The molecule has 9 nitrogen and oxygen atoms in total. The van der Waals surface area contributed by atoms with Crippen LogP contribution >= 0.6 is 0 Å². The van der Waals surface area contributed by atoms with Crippen molar-refractivity contribution in [3.63, 3.8) is 0 Å². The number of carboxylic acid groups (broad SMARTS) is 1. The van der Waals surface area contributed by atoms with Crippen LogP contribution in [-0.4, -0.2) is 34.0 Å². The Morgan fingerprint density at radius 3 is 2.53 bits per heavy atom. The molecule has 1 unspecified atom stereocenters. The van der Waals surface area contributed by atoms with Gasteiger partial charge in [-0.3, -0.25) is 4.79 Å². The number of Topliss-reactive ketones (excluding diaryl/α,β-unsaturated/α-hetero) is 1. The van der Waals surface area contributed by atoms with Gasteiger partial charge in [0, 0.05) is 17.1 Å². The summed E-state index contributed by atoms with van der Waals surface area (Å²) in [5.41, 5.74) is 16.3. The molecule has 0 aliphatic rings. The summed E-state index contributed by atoms with van der Waals surface area (Å²) >= 11 is 0. The van der Waals surface area contributed by atoms with Crippen LogP contribution in [0.3, 0.4) is 0 Å². The van der Waals surface area contributed by atoms with Gasteiger partial charge in [-0.25, -0.2) is 4.79 Å². The zero-order valence-electron chi connectivity index (χ0n) is 9.65. The number of ketones is 1. The van der Waals surface area contributed by atoms with Gasteiger partial charge >= 0.3 is 5.97 Å². The maximum absolute atomic E-state index is 12.0. The van der Waals surface area contributed by atoms with E-state index in [-0.39, 0.29) is 11.3 Å². The lowest BCUT2D eigenvalue weighted by Gasteiger charge is -2.21. The molecule has 100 valence electrons. The zero-order chi connectivity index (χ0) is 14.6. The summed E-state index contributed by atoms with van der Waals surface area (Å²) in [5.74, 6) is -3.18. The first kappa shape index (κ1) is 14.5. The van der Waals surface area contributed by atoms with Crippen LogP contribution < -0.4 is 11.5 Å². The number of aliphatic carboxylic acids is 1. The van der Waals surface area contributed by atoms with Crippen molar-refractivity contribution >= 4 is 17.4 Å². The lowest BCUT2D eigenvalue weighted by atomic mass is 9.90. The fourth-order valence-corrected chi connectivity index (χ4v) is 1.34. The van der Waals surface area contributed by atoms with Gasteiger partial charge in [-0.15, -0.1) is 0 Å². The minimum atomic E-state index is -2.32. The molecule has 0 heterocycles. The second kappa shape index (κ2) is 5.36. The van der Waals surface area contributed by atoms with E-state index in [0.717, 1.165) is 12.1 Å². The molecule has 0 saturated carbocycles. The molecular weight excluding hydrogens is 254 g/mol. The molecule has 0 aromatic heterocycles. The third-order valence-electron chi connectivity index (χ3n) is 2.49. The summed E-state index contributed by atoms with van der Waals surface area (Å²) in [6.07, 6.45) is 0. The van der Waals surface area contributed by atoms with E-state index < -0.39 is 29.6 Å². The highest BCUT2D eigenvalue weighted by molar-refractivity contribution is 6.17. The van der Waals surface area contributed by atoms with E-state index in [2.05, 4.69) is 10.0 Å². The third-order valence-corrected chi connectivity index (χ3v) is 2.49. The summed E-state index contributed by atoms with van der Waals surface area (Å²) < 4.78 is 0. The molecule has 1 rings (SSSR count). The Balaban J connectivity index is 3.27. The Morgan fingerprint density at radius 2 is 2.11 bits per heavy atom. The van der Waals surface area contributed by atoms with E-state index in [4.69, 9.17) is 22.1 Å². The van der Waals surface area contributed by atoms with Crippen LogP contribution in [0, 0.1) is 0 Å². The fraction of sp³-hybridized carbons (Fsp3) is 0.200. The third kappa shape index (κ3) is 2.63. The second-order valence-corrected chi connectivity index (χ2v) is 3.70. The largest absolute Gasteiger partial charge is 0.507 e. The van der Waals surface area contributed by atoms with Gasteiger partial charge < -0.3 is 21.7 Å². The number of rotatable bonds is 5. The summed E-state index contributed by atoms with van der Waals surface area (Å²) in [6.45, 7) is -0.626. The number of benzene rings is 1. The van der Waals surface area contributed by atoms with E-state index in [0.29, 0.717) is 0 Å². The number of carboxylic acids is 1. The fourth-order valence-electron chi connectivity index (χ4n) is 1.34.